The minimum Gasteiger partial charge on any atom is -0.400 e. The van der Waals surface area contributed by atoms with Crippen LogP contribution in [0.1, 0.15) is 18.2 Å². The van der Waals surface area contributed by atoms with Crippen LogP contribution in [0.15, 0.2) is 79.1 Å². The van der Waals surface area contributed by atoms with Crippen LogP contribution in [-0.2, 0) is 6.42 Å². The van der Waals surface area contributed by atoms with E-state index in [1.807, 2.05) is 25.1 Å². The average Bonchev–Trinajstić information content (AvgIpc) is 3.27. The molecule has 4 rings (SSSR count). The van der Waals surface area contributed by atoms with Crippen LogP contribution in [0.3, 0.4) is 0 Å². The number of aliphatic hydroxyl groups is 1. The number of aromatic nitrogens is 3. The molecule has 0 aliphatic carbocycles. The molecule has 5 N–H and O–H groups in total. The molecule has 2 heterocycles. The van der Waals surface area contributed by atoms with Crippen LogP contribution in [0.4, 0.5) is 4.39 Å². The summed E-state index contributed by atoms with van der Waals surface area (Å²) in [7, 11) is 1.00. The van der Waals surface area contributed by atoms with E-state index >= 15 is 0 Å². The number of aryl methyl sites for hydroxylation is 2. The van der Waals surface area contributed by atoms with Crippen molar-refractivity contribution in [3.05, 3.63) is 96.2 Å². The normalized spacial score (nSPS) is 9.37. The van der Waals surface area contributed by atoms with Gasteiger partial charge in [-0.3, -0.25) is 10.1 Å². The summed E-state index contributed by atoms with van der Waals surface area (Å²) in [6.07, 6.45) is 4.68. The number of halogens is 1. The van der Waals surface area contributed by atoms with Crippen LogP contribution >= 0.6 is 0 Å². The van der Waals surface area contributed by atoms with E-state index in [0.717, 1.165) is 41.6 Å². The molecule has 158 valence electrons. The third-order valence-corrected chi connectivity index (χ3v) is 4.23. The summed E-state index contributed by atoms with van der Waals surface area (Å²) in [6.45, 7) is 4.11. The molecule has 0 unspecified atom stereocenters. The molecule has 2 aromatic heterocycles. The van der Waals surface area contributed by atoms with E-state index in [-0.39, 0.29) is 12.0 Å². The number of hydrogen-bond acceptors (Lipinski definition) is 4. The summed E-state index contributed by atoms with van der Waals surface area (Å²) >= 11 is 0. The number of nitrogens with zero attached hydrogens (tertiary/aromatic N) is 2. The smallest absolute Gasteiger partial charge is 0.123 e. The molecule has 0 aliphatic heterocycles. The molecule has 2 aromatic carbocycles. The van der Waals surface area contributed by atoms with Gasteiger partial charge in [-0.1, -0.05) is 37.3 Å². The molecule has 0 fully saturated rings. The third kappa shape index (κ3) is 6.92. The monoisotopic (exact) mass is 408 g/mol. The van der Waals surface area contributed by atoms with Gasteiger partial charge in [0.2, 0.25) is 0 Å². The van der Waals surface area contributed by atoms with Crippen molar-refractivity contribution in [3.8, 4) is 22.4 Å². The first-order chi connectivity index (χ1) is 14.2. The predicted octanol–water partition coefficient (Wildman–Crippen LogP) is 5.61. The Morgan fingerprint density at radius 1 is 0.933 bits per heavy atom. The minimum absolute atomic E-state index is 0. The van der Waals surface area contributed by atoms with E-state index < -0.39 is 0 Å². The Labute approximate surface area is 177 Å². The van der Waals surface area contributed by atoms with Gasteiger partial charge in [-0.15, -0.1) is 0 Å². The van der Waals surface area contributed by atoms with Crippen LogP contribution in [0, 0.1) is 12.7 Å². The molecule has 30 heavy (non-hydrogen) atoms. The Morgan fingerprint density at radius 3 is 2.17 bits per heavy atom. The highest BCUT2D eigenvalue weighted by Gasteiger charge is 2.10. The number of benzene rings is 2. The largest absolute Gasteiger partial charge is 0.400 e. The predicted molar refractivity (Wildman–Crippen MR) is 121 cm³/mol. The van der Waals surface area contributed by atoms with Gasteiger partial charge in [-0.05, 0) is 60.9 Å². The Hall–Kier alpha value is -3.35. The summed E-state index contributed by atoms with van der Waals surface area (Å²) in [5.41, 5.74) is 6.17. The van der Waals surface area contributed by atoms with E-state index in [4.69, 9.17) is 5.11 Å². The molecule has 4 aromatic rings. The standard InChI is InChI=1S/C15H12FN3.C8H10.CH4O.H3N/c1-10-8-12(6-7-17-10)14-9-18-19-15(14)11-2-4-13(16)5-3-11;1-2-8-6-4-3-5-7-8;1-2;/h2-9H,1H3,(H,18,19);3-7H,2H2,1H3;2H,1H3;1H3. The molecule has 0 atom stereocenters. The second-order valence-electron chi connectivity index (χ2n) is 6.19. The van der Waals surface area contributed by atoms with Crippen LogP contribution in [0.2, 0.25) is 0 Å². The summed E-state index contributed by atoms with van der Waals surface area (Å²) in [5.74, 6) is -0.246. The number of nitrogens with one attached hydrogen (secondary N) is 1. The zero-order chi connectivity index (χ0) is 21.1. The van der Waals surface area contributed by atoms with Gasteiger partial charge in [0.25, 0.3) is 0 Å². The molecule has 0 aliphatic rings. The van der Waals surface area contributed by atoms with Gasteiger partial charge < -0.3 is 11.3 Å². The van der Waals surface area contributed by atoms with E-state index in [9.17, 15) is 4.39 Å². The first kappa shape index (κ1) is 24.7. The van der Waals surface area contributed by atoms with Gasteiger partial charge in [-0.2, -0.15) is 5.10 Å². The van der Waals surface area contributed by atoms with Crippen molar-refractivity contribution in [3.63, 3.8) is 0 Å². The second-order valence-corrected chi connectivity index (χ2v) is 6.19. The highest BCUT2D eigenvalue weighted by Crippen LogP contribution is 2.30. The van der Waals surface area contributed by atoms with E-state index in [1.54, 1.807) is 24.5 Å². The maximum atomic E-state index is 13.0. The fourth-order valence-electron chi connectivity index (χ4n) is 2.77. The SMILES string of the molecule is CCc1ccccc1.CO.Cc1cc(-c2cn[nH]c2-c2ccc(F)cc2)ccn1.N. The van der Waals surface area contributed by atoms with Crippen molar-refractivity contribution in [2.45, 2.75) is 20.3 Å². The molecule has 0 radical (unpaired) electrons. The van der Waals surface area contributed by atoms with Crippen LogP contribution in [-0.4, -0.2) is 27.4 Å². The van der Waals surface area contributed by atoms with Crippen LogP contribution in [0.25, 0.3) is 22.4 Å². The van der Waals surface area contributed by atoms with Gasteiger partial charge in [0.1, 0.15) is 5.82 Å². The fourth-order valence-corrected chi connectivity index (χ4v) is 2.77. The van der Waals surface area contributed by atoms with Crippen molar-refractivity contribution in [2.75, 3.05) is 7.11 Å². The Balaban J connectivity index is 0.000000346. The quantitative estimate of drug-likeness (QED) is 0.411. The van der Waals surface area contributed by atoms with Crippen molar-refractivity contribution in [2.24, 2.45) is 0 Å². The zero-order valence-electron chi connectivity index (χ0n) is 17.6. The Morgan fingerprint density at radius 2 is 1.60 bits per heavy atom. The molecule has 5 nitrogen and oxygen atoms in total. The molecule has 0 bridgehead atoms. The van der Waals surface area contributed by atoms with Gasteiger partial charge in [0.15, 0.2) is 0 Å². The topological polar surface area (TPSA) is 96.8 Å². The molecular formula is C24H29FN4O. The fraction of sp³-hybridized carbons (Fsp3) is 0.167. The van der Waals surface area contributed by atoms with Crippen molar-refractivity contribution in [1.82, 2.24) is 21.3 Å². The maximum absolute atomic E-state index is 13.0. The lowest BCUT2D eigenvalue weighted by molar-refractivity contribution is 0.399. The highest BCUT2D eigenvalue weighted by atomic mass is 19.1. The third-order valence-electron chi connectivity index (χ3n) is 4.23. The van der Waals surface area contributed by atoms with Crippen LogP contribution in [0.5, 0.6) is 0 Å². The van der Waals surface area contributed by atoms with Gasteiger partial charge in [0, 0.05) is 30.1 Å². The molecule has 0 saturated heterocycles. The van der Waals surface area contributed by atoms with Crippen LogP contribution < -0.4 is 6.15 Å². The maximum Gasteiger partial charge on any atom is 0.123 e. The lowest BCUT2D eigenvalue weighted by Gasteiger charge is -2.04. The lowest BCUT2D eigenvalue weighted by Crippen LogP contribution is -1.85. The van der Waals surface area contributed by atoms with E-state index in [1.165, 1.54) is 17.7 Å². The van der Waals surface area contributed by atoms with E-state index in [2.05, 4.69) is 46.4 Å². The second kappa shape index (κ2) is 13.0. The average molecular weight is 409 g/mol. The molecule has 0 spiro atoms. The molecule has 6 heteroatoms. The lowest BCUT2D eigenvalue weighted by atomic mass is 10.0. The first-order valence-corrected chi connectivity index (χ1v) is 9.38. The number of aliphatic hydroxyl groups excluding tert-OH is 1. The zero-order valence-corrected chi connectivity index (χ0v) is 17.6. The number of aromatic amines is 1. The number of pyridine rings is 1. The minimum atomic E-state index is -0.246. The number of H-pyrrole nitrogens is 1. The Bertz CT molecular complexity index is 986. The van der Waals surface area contributed by atoms with Crippen molar-refractivity contribution in [1.29, 1.82) is 0 Å². The van der Waals surface area contributed by atoms with Crippen molar-refractivity contribution < 1.29 is 9.50 Å². The highest BCUT2D eigenvalue weighted by molar-refractivity contribution is 5.80. The van der Waals surface area contributed by atoms with Gasteiger partial charge >= 0.3 is 0 Å². The summed E-state index contributed by atoms with van der Waals surface area (Å²) in [6, 6.07) is 20.7. The summed E-state index contributed by atoms with van der Waals surface area (Å²) in [5, 5.41) is 14.1. The first-order valence-electron chi connectivity index (χ1n) is 9.38. The van der Waals surface area contributed by atoms with Gasteiger partial charge in [0.05, 0.1) is 11.9 Å². The Kier molecular flexibility index (Phi) is 10.7. The van der Waals surface area contributed by atoms with E-state index in [0.29, 0.717) is 0 Å². The number of rotatable bonds is 3. The molecular weight excluding hydrogens is 379 g/mol. The summed E-state index contributed by atoms with van der Waals surface area (Å²) in [4.78, 5) is 4.18. The summed E-state index contributed by atoms with van der Waals surface area (Å²) < 4.78 is 13.0. The van der Waals surface area contributed by atoms with Gasteiger partial charge in [-0.25, -0.2) is 4.39 Å². The number of hydrogen-bond donors (Lipinski definition) is 3. The molecule has 0 amide bonds. The van der Waals surface area contributed by atoms with Crippen molar-refractivity contribution >= 4 is 0 Å². The molecule has 0 saturated carbocycles.